The Bertz CT molecular complexity index is 439. The molecule has 0 amide bonds. The lowest BCUT2D eigenvalue weighted by Gasteiger charge is -2.36. The zero-order valence-corrected chi connectivity index (χ0v) is 11.2. The van der Waals surface area contributed by atoms with Gasteiger partial charge in [0.1, 0.15) is 17.7 Å². The predicted octanol–water partition coefficient (Wildman–Crippen LogP) is 3.48. The molecule has 1 aromatic rings. The van der Waals surface area contributed by atoms with Crippen molar-refractivity contribution in [1.82, 2.24) is 4.90 Å². The Morgan fingerprint density at radius 1 is 1.28 bits per heavy atom. The van der Waals surface area contributed by atoms with E-state index in [0.717, 1.165) is 12.8 Å². The zero-order chi connectivity index (χ0) is 12.7. The van der Waals surface area contributed by atoms with E-state index in [2.05, 4.69) is 11.9 Å². The summed E-state index contributed by atoms with van der Waals surface area (Å²) in [5.74, 6) is 0.177. The summed E-state index contributed by atoms with van der Waals surface area (Å²) in [6, 6.07) is 5.93. The molecule has 2 nitrogen and oxygen atoms in total. The molecular weight excluding hydrogens is 253 g/mol. The van der Waals surface area contributed by atoms with E-state index < -0.39 is 5.82 Å². The van der Waals surface area contributed by atoms with Gasteiger partial charge in [0.15, 0.2) is 0 Å². The highest BCUT2D eigenvalue weighted by atomic mass is 35.5. The third kappa shape index (κ3) is 2.21. The molecule has 0 aliphatic carbocycles. The molecule has 3 rings (SSSR count). The van der Waals surface area contributed by atoms with Crippen LogP contribution in [0.15, 0.2) is 18.2 Å². The van der Waals surface area contributed by atoms with Crippen LogP contribution in [0.25, 0.3) is 0 Å². The number of piperidine rings is 1. The summed E-state index contributed by atoms with van der Waals surface area (Å²) >= 11 is 5.66. The van der Waals surface area contributed by atoms with Crippen molar-refractivity contribution >= 4 is 11.6 Å². The van der Waals surface area contributed by atoms with Crippen LogP contribution in [-0.2, 0) is 0 Å². The summed E-state index contributed by atoms with van der Waals surface area (Å²) in [6.45, 7) is 0. The molecule has 98 valence electrons. The molecule has 0 N–H and O–H groups in total. The van der Waals surface area contributed by atoms with E-state index in [1.165, 1.54) is 18.9 Å². The maximum absolute atomic E-state index is 13.3. The first kappa shape index (κ1) is 12.2. The molecule has 2 aliphatic rings. The fraction of sp³-hybridized carbons (Fsp3) is 0.571. The van der Waals surface area contributed by atoms with Crippen LogP contribution < -0.4 is 4.74 Å². The first-order chi connectivity index (χ1) is 8.63. The molecule has 2 heterocycles. The summed E-state index contributed by atoms with van der Waals surface area (Å²) in [6.07, 6.45) is 4.81. The van der Waals surface area contributed by atoms with Gasteiger partial charge in [0.2, 0.25) is 0 Å². The molecule has 0 saturated carbocycles. The maximum atomic E-state index is 13.3. The molecule has 2 fully saturated rings. The molecule has 0 unspecified atom stereocenters. The second-order valence-corrected chi connectivity index (χ2v) is 5.74. The first-order valence-corrected chi connectivity index (χ1v) is 6.85. The molecule has 0 aromatic heterocycles. The lowest BCUT2D eigenvalue weighted by Crippen LogP contribution is -2.43. The van der Waals surface area contributed by atoms with Crippen molar-refractivity contribution < 1.29 is 9.13 Å². The fourth-order valence-corrected chi connectivity index (χ4v) is 3.32. The van der Waals surface area contributed by atoms with E-state index in [-0.39, 0.29) is 11.1 Å². The summed E-state index contributed by atoms with van der Waals surface area (Å²) in [7, 11) is 2.19. The van der Waals surface area contributed by atoms with E-state index in [1.807, 2.05) is 0 Å². The Morgan fingerprint density at radius 2 is 1.94 bits per heavy atom. The van der Waals surface area contributed by atoms with Gasteiger partial charge in [-0.05, 0) is 44.9 Å². The number of hydrogen-bond acceptors (Lipinski definition) is 2. The first-order valence-electron chi connectivity index (χ1n) is 6.47. The molecule has 2 saturated heterocycles. The highest BCUT2D eigenvalue weighted by molar-refractivity contribution is 6.30. The monoisotopic (exact) mass is 269 g/mol. The average molecular weight is 270 g/mol. The van der Waals surface area contributed by atoms with E-state index in [1.54, 1.807) is 12.1 Å². The molecule has 2 bridgehead atoms. The van der Waals surface area contributed by atoms with Crippen molar-refractivity contribution in [3.05, 3.63) is 29.0 Å². The van der Waals surface area contributed by atoms with Gasteiger partial charge in [0.25, 0.3) is 0 Å². The average Bonchev–Trinajstić information content (AvgIpc) is 2.58. The van der Waals surface area contributed by atoms with Crippen LogP contribution in [-0.4, -0.2) is 30.1 Å². The number of nitrogens with zero attached hydrogens (tertiary/aromatic N) is 1. The van der Waals surface area contributed by atoms with Crippen molar-refractivity contribution in [1.29, 1.82) is 0 Å². The molecule has 4 heteroatoms. The summed E-state index contributed by atoms with van der Waals surface area (Å²) in [4.78, 5) is 2.46. The second-order valence-electron chi connectivity index (χ2n) is 5.34. The highest BCUT2D eigenvalue weighted by Crippen LogP contribution is 2.36. The van der Waals surface area contributed by atoms with Gasteiger partial charge in [-0.3, -0.25) is 0 Å². The lowest BCUT2D eigenvalue weighted by molar-refractivity contribution is 0.0660. The Balaban J connectivity index is 1.68. The summed E-state index contributed by atoms with van der Waals surface area (Å²) in [5, 5.41) is 0.144. The van der Waals surface area contributed by atoms with Crippen molar-refractivity contribution in [3.8, 4) is 5.75 Å². The third-order valence-corrected chi connectivity index (χ3v) is 4.56. The van der Waals surface area contributed by atoms with Gasteiger partial charge in [-0.25, -0.2) is 4.39 Å². The topological polar surface area (TPSA) is 12.5 Å². The number of benzene rings is 1. The van der Waals surface area contributed by atoms with E-state index in [0.29, 0.717) is 17.8 Å². The Morgan fingerprint density at radius 3 is 2.56 bits per heavy atom. The number of hydrogen-bond donors (Lipinski definition) is 0. The van der Waals surface area contributed by atoms with Crippen LogP contribution in [0.3, 0.4) is 0 Å². The van der Waals surface area contributed by atoms with Crippen LogP contribution >= 0.6 is 11.6 Å². The minimum Gasteiger partial charge on any atom is -0.490 e. The number of halogens is 2. The van der Waals surface area contributed by atoms with Crippen LogP contribution in [0.2, 0.25) is 5.02 Å². The van der Waals surface area contributed by atoms with Gasteiger partial charge in [-0.2, -0.15) is 0 Å². The molecule has 0 radical (unpaired) electrons. The lowest BCUT2D eigenvalue weighted by atomic mass is 10.0. The van der Waals surface area contributed by atoms with Crippen LogP contribution in [0, 0.1) is 5.82 Å². The van der Waals surface area contributed by atoms with Crippen molar-refractivity contribution in [3.63, 3.8) is 0 Å². The van der Waals surface area contributed by atoms with E-state index in [9.17, 15) is 4.39 Å². The van der Waals surface area contributed by atoms with Crippen molar-refractivity contribution in [2.75, 3.05) is 7.05 Å². The number of ether oxygens (including phenoxy) is 1. The minimum absolute atomic E-state index is 0.144. The minimum atomic E-state index is -0.412. The predicted molar refractivity (Wildman–Crippen MR) is 69.6 cm³/mol. The summed E-state index contributed by atoms with van der Waals surface area (Å²) in [5.41, 5.74) is 0. The SMILES string of the molecule is CN1[C@@H]2CC[C@H]1C[C@H](Oc1ccc(Cl)c(F)c1)C2. The third-order valence-electron chi connectivity index (χ3n) is 4.25. The van der Waals surface area contributed by atoms with Gasteiger partial charge in [0.05, 0.1) is 5.02 Å². The van der Waals surface area contributed by atoms with Gasteiger partial charge in [0, 0.05) is 18.2 Å². The Labute approximate surface area is 112 Å². The zero-order valence-electron chi connectivity index (χ0n) is 10.4. The van der Waals surface area contributed by atoms with Gasteiger partial charge >= 0.3 is 0 Å². The normalized spacial score (nSPS) is 31.6. The Kier molecular flexibility index (Phi) is 3.20. The molecule has 2 aliphatic heterocycles. The van der Waals surface area contributed by atoms with Gasteiger partial charge in [-0.1, -0.05) is 11.6 Å². The second kappa shape index (κ2) is 4.71. The van der Waals surface area contributed by atoms with Gasteiger partial charge < -0.3 is 9.64 Å². The van der Waals surface area contributed by atoms with Crippen molar-refractivity contribution in [2.24, 2.45) is 0 Å². The summed E-state index contributed by atoms with van der Waals surface area (Å²) < 4.78 is 19.2. The standard InChI is InChI=1S/C14H17ClFNO/c1-17-9-2-3-10(17)7-12(6-9)18-11-4-5-13(15)14(16)8-11/h4-5,8-10,12H,2-3,6-7H2,1H3/t9-,10+,12-. The fourth-order valence-electron chi connectivity index (χ4n) is 3.20. The highest BCUT2D eigenvalue weighted by Gasteiger charge is 2.39. The largest absolute Gasteiger partial charge is 0.490 e. The van der Waals surface area contributed by atoms with E-state index >= 15 is 0 Å². The van der Waals surface area contributed by atoms with Crippen LogP contribution in [0.1, 0.15) is 25.7 Å². The van der Waals surface area contributed by atoms with Gasteiger partial charge in [-0.15, -0.1) is 0 Å². The van der Waals surface area contributed by atoms with Crippen LogP contribution in [0.4, 0.5) is 4.39 Å². The quantitative estimate of drug-likeness (QED) is 0.815. The molecule has 18 heavy (non-hydrogen) atoms. The molecule has 1 aromatic carbocycles. The Hall–Kier alpha value is -0.800. The molecular formula is C14H17ClFNO. The van der Waals surface area contributed by atoms with E-state index in [4.69, 9.17) is 16.3 Å². The smallest absolute Gasteiger partial charge is 0.145 e. The molecule has 0 spiro atoms. The molecule has 3 atom stereocenters. The number of fused-ring (bicyclic) bond motifs is 2. The van der Waals surface area contributed by atoms with Crippen molar-refractivity contribution in [2.45, 2.75) is 43.9 Å². The van der Waals surface area contributed by atoms with Crippen LogP contribution in [0.5, 0.6) is 5.75 Å². The maximum Gasteiger partial charge on any atom is 0.145 e. The number of rotatable bonds is 2.